The van der Waals surface area contributed by atoms with E-state index in [1.54, 1.807) is 30.3 Å². The lowest BCUT2D eigenvalue weighted by atomic mass is 10.1. The van der Waals surface area contributed by atoms with Crippen molar-refractivity contribution in [3.63, 3.8) is 0 Å². The van der Waals surface area contributed by atoms with Crippen LogP contribution in [0, 0.1) is 0 Å². The van der Waals surface area contributed by atoms with Crippen LogP contribution >= 0.6 is 27.5 Å². The molecule has 1 saturated heterocycles. The Labute approximate surface area is 171 Å². The fraction of sp³-hybridized carbons (Fsp3) is 0.300. The summed E-state index contributed by atoms with van der Waals surface area (Å²) in [5, 5.41) is 3.23. The van der Waals surface area contributed by atoms with Gasteiger partial charge in [-0.2, -0.15) is 0 Å². The molecule has 0 aliphatic carbocycles. The van der Waals surface area contributed by atoms with Gasteiger partial charge in [0.15, 0.2) is 6.61 Å². The average Bonchev–Trinajstić information content (AvgIpc) is 3.20. The molecule has 0 unspecified atom stereocenters. The summed E-state index contributed by atoms with van der Waals surface area (Å²) in [4.78, 5) is 26.2. The Balaban J connectivity index is 1.46. The number of halogens is 2. The average molecular weight is 452 g/mol. The van der Waals surface area contributed by atoms with Crippen molar-refractivity contribution in [1.29, 1.82) is 0 Å². The van der Waals surface area contributed by atoms with Crippen LogP contribution in [-0.2, 0) is 11.3 Å². The monoisotopic (exact) mass is 450 g/mol. The van der Waals surface area contributed by atoms with Crippen molar-refractivity contribution in [1.82, 2.24) is 10.2 Å². The summed E-state index contributed by atoms with van der Waals surface area (Å²) in [5.41, 5.74) is 1.60. The minimum Gasteiger partial charge on any atom is -0.482 e. The number of carbonyl (C=O) groups is 2. The first-order valence-electron chi connectivity index (χ1n) is 8.76. The van der Waals surface area contributed by atoms with E-state index in [2.05, 4.69) is 21.2 Å². The van der Waals surface area contributed by atoms with Gasteiger partial charge in [0.25, 0.3) is 11.8 Å². The lowest BCUT2D eigenvalue weighted by Gasteiger charge is -2.15. The summed E-state index contributed by atoms with van der Waals surface area (Å²) in [6, 6.07) is 12.5. The third kappa shape index (κ3) is 5.47. The first-order valence-corrected chi connectivity index (χ1v) is 9.93. The third-order valence-electron chi connectivity index (χ3n) is 4.34. The van der Waals surface area contributed by atoms with Gasteiger partial charge in [0, 0.05) is 29.7 Å². The predicted molar refractivity (Wildman–Crippen MR) is 108 cm³/mol. The van der Waals surface area contributed by atoms with E-state index in [4.69, 9.17) is 16.3 Å². The number of hydrogen-bond acceptors (Lipinski definition) is 3. The second-order valence-electron chi connectivity index (χ2n) is 6.34. The number of benzene rings is 2. The second-order valence-corrected chi connectivity index (χ2v) is 7.66. The molecule has 2 aromatic carbocycles. The number of nitrogens with zero attached hydrogens (tertiary/aromatic N) is 1. The Morgan fingerprint density at radius 2 is 1.81 bits per heavy atom. The Morgan fingerprint density at radius 1 is 1.11 bits per heavy atom. The molecule has 0 aromatic heterocycles. The van der Waals surface area contributed by atoms with E-state index < -0.39 is 0 Å². The minimum atomic E-state index is -0.244. The summed E-state index contributed by atoms with van der Waals surface area (Å²) in [6.45, 7) is 1.92. The molecule has 27 heavy (non-hydrogen) atoms. The molecule has 0 bridgehead atoms. The molecular formula is C20H20BrClN2O3. The molecule has 5 nitrogen and oxygen atoms in total. The quantitative estimate of drug-likeness (QED) is 0.721. The lowest BCUT2D eigenvalue weighted by molar-refractivity contribution is -0.123. The SMILES string of the molecule is O=C(COc1ccc(Br)cc1Cl)NCc1ccc(C(=O)N2CCCC2)cc1. The molecule has 1 fully saturated rings. The normalized spacial score (nSPS) is 13.5. The van der Waals surface area contributed by atoms with Crippen LogP contribution < -0.4 is 10.1 Å². The summed E-state index contributed by atoms with van der Waals surface area (Å²) in [7, 11) is 0. The van der Waals surface area contributed by atoms with Crippen molar-refractivity contribution in [2.75, 3.05) is 19.7 Å². The van der Waals surface area contributed by atoms with Crippen LogP contribution in [-0.4, -0.2) is 36.4 Å². The fourth-order valence-electron chi connectivity index (χ4n) is 2.86. The molecule has 2 amide bonds. The van der Waals surface area contributed by atoms with Crippen LogP contribution in [0.15, 0.2) is 46.9 Å². The van der Waals surface area contributed by atoms with Crippen molar-refractivity contribution in [3.05, 3.63) is 63.1 Å². The van der Waals surface area contributed by atoms with Crippen LogP contribution in [0.3, 0.4) is 0 Å². The minimum absolute atomic E-state index is 0.0721. The Hall–Kier alpha value is -2.05. The molecule has 0 atom stereocenters. The van der Waals surface area contributed by atoms with Crippen molar-refractivity contribution in [3.8, 4) is 5.75 Å². The van der Waals surface area contributed by atoms with Crippen LogP contribution in [0.25, 0.3) is 0 Å². The molecule has 3 rings (SSSR count). The molecule has 0 saturated carbocycles. The highest BCUT2D eigenvalue weighted by molar-refractivity contribution is 9.10. The molecule has 0 radical (unpaired) electrons. The largest absolute Gasteiger partial charge is 0.482 e. The van der Waals surface area contributed by atoms with Gasteiger partial charge in [0.1, 0.15) is 5.75 Å². The highest BCUT2D eigenvalue weighted by Crippen LogP contribution is 2.27. The van der Waals surface area contributed by atoms with E-state index in [-0.39, 0.29) is 18.4 Å². The number of amides is 2. The third-order valence-corrected chi connectivity index (χ3v) is 5.13. The predicted octanol–water partition coefficient (Wildman–Crippen LogP) is 4.03. The van der Waals surface area contributed by atoms with Crippen molar-refractivity contribution in [2.24, 2.45) is 0 Å². The van der Waals surface area contributed by atoms with E-state index in [0.717, 1.165) is 36.0 Å². The number of rotatable bonds is 6. The van der Waals surface area contributed by atoms with E-state index in [9.17, 15) is 9.59 Å². The zero-order chi connectivity index (χ0) is 19.2. The van der Waals surface area contributed by atoms with Gasteiger partial charge in [-0.05, 0) is 48.7 Å². The molecule has 142 valence electrons. The molecule has 0 spiro atoms. The maximum Gasteiger partial charge on any atom is 0.258 e. The Morgan fingerprint density at radius 3 is 2.48 bits per heavy atom. The van der Waals surface area contributed by atoms with Gasteiger partial charge in [0.2, 0.25) is 0 Å². The molecule has 1 N–H and O–H groups in total. The zero-order valence-electron chi connectivity index (χ0n) is 14.7. The first kappa shape index (κ1) is 19.7. The van der Waals surface area contributed by atoms with Gasteiger partial charge < -0.3 is 15.0 Å². The Bertz CT molecular complexity index is 820. The first-order chi connectivity index (χ1) is 13.0. The molecular weight excluding hydrogens is 432 g/mol. The fourth-order valence-corrected chi connectivity index (χ4v) is 3.58. The van der Waals surface area contributed by atoms with Gasteiger partial charge in [-0.3, -0.25) is 9.59 Å². The summed E-state index contributed by atoms with van der Waals surface area (Å²) in [6.07, 6.45) is 2.15. The van der Waals surface area contributed by atoms with Crippen molar-refractivity contribution in [2.45, 2.75) is 19.4 Å². The standard InChI is InChI=1S/C20H20BrClN2O3/c21-16-7-8-18(17(22)11-16)27-13-19(25)23-12-14-3-5-15(6-4-14)20(26)24-9-1-2-10-24/h3-8,11H,1-2,9-10,12-13H2,(H,23,25). The maximum atomic E-state index is 12.3. The number of ether oxygens (including phenoxy) is 1. The number of hydrogen-bond donors (Lipinski definition) is 1. The topological polar surface area (TPSA) is 58.6 Å². The van der Waals surface area contributed by atoms with Crippen LogP contribution in [0.5, 0.6) is 5.75 Å². The number of nitrogens with one attached hydrogen (secondary N) is 1. The van der Waals surface area contributed by atoms with Crippen molar-refractivity contribution >= 4 is 39.3 Å². The highest BCUT2D eigenvalue weighted by atomic mass is 79.9. The summed E-state index contributed by atoms with van der Waals surface area (Å²) >= 11 is 9.37. The molecule has 2 aromatic rings. The van der Waals surface area contributed by atoms with Gasteiger partial charge >= 0.3 is 0 Å². The van der Waals surface area contributed by atoms with E-state index in [1.165, 1.54) is 0 Å². The van der Waals surface area contributed by atoms with E-state index in [1.807, 2.05) is 17.0 Å². The summed E-state index contributed by atoms with van der Waals surface area (Å²) < 4.78 is 6.28. The summed E-state index contributed by atoms with van der Waals surface area (Å²) in [5.74, 6) is 0.286. The number of carbonyl (C=O) groups excluding carboxylic acids is 2. The smallest absolute Gasteiger partial charge is 0.258 e. The molecule has 1 heterocycles. The van der Waals surface area contributed by atoms with Gasteiger partial charge in [0.05, 0.1) is 5.02 Å². The number of likely N-dealkylation sites (tertiary alicyclic amines) is 1. The zero-order valence-corrected chi connectivity index (χ0v) is 17.1. The van der Waals surface area contributed by atoms with Crippen molar-refractivity contribution < 1.29 is 14.3 Å². The van der Waals surface area contributed by atoms with E-state index >= 15 is 0 Å². The van der Waals surface area contributed by atoms with Crippen LogP contribution in [0.1, 0.15) is 28.8 Å². The molecule has 1 aliphatic rings. The maximum absolute atomic E-state index is 12.3. The van der Waals surface area contributed by atoms with E-state index in [0.29, 0.717) is 22.9 Å². The van der Waals surface area contributed by atoms with Gasteiger partial charge in [-0.1, -0.05) is 39.7 Å². The van der Waals surface area contributed by atoms with Gasteiger partial charge in [-0.25, -0.2) is 0 Å². The van der Waals surface area contributed by atoms with Crippen LogP contribution in [0.4, 0.5) is 0 Å². The Kier molecular flexibility index (Phi) is 6.74. The molecule has 1 aliphatic heterocycles. The van der Waals surface area contributed by atoms with Crippen LogP contribution in [0.2, 0.25) is 5.02 Å². The lowest BCUT2D eigenvalue weighted by Crippen LogP contribution is -2.29. The van der Waals surface area contributed by atoms with Gasteiger partial charge in [-0.15, -0.1) is 0 Å². The highest BCUT2D eigenvalue weighted by Gasteiger charge is 2.19. The second kappa shape index (κ2) is 9.24. The molecule has 7 heteroatoms.